The van der Waals surface area contributed by atoms with E-state index in [1.165, 1.54) is 30.4 Å². The summed E-state index contributed by atoms with van der Waals surface area (Å²) in [5.41, 5.74) is 0.904. The molecule has 1 aliphatic heterocycles. The molecule has 0 radical (unpaired) electrons. The van der Waals surface area contributed by atoms with Crippen molar-refractivity contribution in [2.24, 2.45) is 7.05 Å². The second-order valence-electron chi connectivity index (χ2n) is 7.97. The zero-order valence-corrected chi connectivity index (χ0v) is 18.9. The number of hydrogen-bond donors (Lipinski definition) is 1. The lowest BCUT2D eigenvalue weighted by Crippen LogP contribution is -2.47. The second kappa shape index (κ2) is 10.2. The Balaban J connectivity index is 1.59. The van der Waals surface area contributed by atoms with Crippen LogP contribution in [-0.2, 0) is 16.6 Å². The van der Waals surface area contributed by atoms with Crippen LogP contribution in [0.4, 0.5) is 13.2 Å². The third-order valence-corrected chi connectivity index (χ3v) is 5.56. The molecule has 1 saturated heterocycles. The van der Waals surface area contributed by atoms with Crippen LogP contribution >= 0.6 is 0 Å². The van der Waals surface area contributed by atoms with Crippen molar-refractivity contribution in [3.8, 4) is 5.75 Å². The minimum absolute atomic E-state index is 0.0254. The third-order valence-electron chi connectivity index (χ3n) is 5.56. The number of nitrogens with zero attached hydrogens (tertiary/aromatic N) is 3. The Hall–Kier alpha value is -3.41. The van der Waals surface area contributed by atoms with Gasteiger partial charge in [0.2, 0.25) is 0 Å². The molecule has 12 heteroatoms. The third kappa shape index (κ3) is 6.13. The minimum Gasteiger partial charge on any atom is -0.406 e. The maximum Gasteiger partial charge on any atom is 0.573 e. The molecule has 0 spiro atoms. The summed E-state index contributed by atoms with van der Waals surface area (Å²) in [7, 11) is 3.19. The Kier molecular flexibility index (Phi) is 7.60. The molecule has 1 N–H and O–H groups in total. The number of aromatic nitrogens is 2. The summed E-state index contributed by atoms with van der Waals surface area (Å²) in [5.74, 6) is -1.79. The van der Waals surface area contributed by atoms with E-state index >= 15 is 0 Å². The SMILES string of the molecule is Cc1ncn(C)c1C(=O)NCC(=O)[C@@H]1C[C@H](N(C)C(=O)c2cccc(OC(F)(F)F)c2)CCO1. The molecule has 9 nitrogen and oxygen atoms in total. The maximum absolute atomic E-state index is 12.8. The molecule has 184 valence electrons. The van der Waals surface area contributed by atoms with Gasteiger partial charge in [-0.1, -0.05) is 6.07 Å². The standard InChI is InChI=1S/C22H25F3N4O5/c1-13-19(28(2)12-27-13)20(31)26-11-17(30)18-10-15(7-8-33-18)29(3)21(32)14-5-4-6-16(9-14)34-22(23,24)25/h4-6,9,12,15,18H,7-8,10-11H2,1-3H3,(H,26,31)/t15-,18+/m1/s1. The monoisotopic (exact) mass is 482 g/mol. The molecular formula is C22H25F3N4O5. The van der Waals surface area contributed by atoms with E-state index in [9.17, 15) is 27.6 Å². The first kappa shape index (κ1) is 25.2. The van der Waals surface area contributed by atoms with Crippen molar-refractivity contribution in [2.45, 2.75) is 38.3 Å². The molecule has 34 heavy (non-hydrogen) atoms. The van der Waals surface area contributed by atoms with Gasteiger partial charge < -0.3 is 24.3 Å². The number of nitrogens with one attached hydrogen (secondary N) is 1. The maximum atomic E-state index is 12.8. The van der Waals surface area contributed by atoms with Crippen molar-refractivity contribution in [1.82, 2.24) is 19.8 Å². The van der Waals surface area contributed by atoms with E-state index in [1.54, 1.807) is 18.5 Å². The largest absolute Gasteiger partial charge is 0.573 e. The molecule has 1 aliphatic rings. The van der Waals surface area contributed by atoms with Gasteiger partial charge in [0.15, 0.2) is 5.78 Å². The highest BCUT2D eigenvalue weighted by Gasteiger charge is 2.34. The van der Waals surface area contributed by atoms with E-state index in [0.29, 0.717) is 17.8 Å². The summed E-state index contributed by atoms with van der Waals surface area (Å²) in [5, 5.41) is 2.57. The van der Waals surface area contributed by atoms with Gasteiger partial charge in [-0.15, -0.1) is 13.2 Å². The second-order valence-corrected chi connectivity index (χ2v) is 7.97. The zero-order valence-electron chi connectivity index (χ0n) is 18.9. The van der Waals surface area contributed by atoms with E-state index in [1.807, 2.05) is 0 Å². The molecular weight excluding hydrogens is 457 g/mol. The van der Waals surface area contributed by atoms with Crippen LogP contribution in [-0.4, -0.2) is 70.8 Å². The number of carbonyl (C=O) groups excluding carboxylic acids is 3. The van der Waals surface area contributed by atoms with E-state index in [-0.39, 0.29) is 37.0 Å². The number of alkyl halides is 3. The van der Waals surface area contributed by atoms with E-state index in [4.69, 9.17) is 4.74 Å². The smallest absolute Gasteiger partial charge is 0.406 e. The van der Waals surface area contributed by atoms with Gasteiger partial charge >= 0.3 is 6.36 Å². The Bertz CT molecular complexity index is 1050. The molecule has 2 heterocycles. The van der Waals surface area contributed by atoms with Crippen LogP contribution in [0.25, 0.3) is 0 Å². The van der Waals surface area contributed by atoms with Crippen molar-refractivity contribution in [3.63, 3.8) is 0 Å². The zero-order chi connectivity index (χ0) is 25.0. The normalized spacial score (nSPS) is 18.3. The molecule has 2 atom stereocenters. The van der Waals surface area contributed by atoms with Gasteiger partial charge in [0.1, 0.15) is 17.5 Å². The topological polar surface area (TPSA) is 103 Å². The summed E-state index contributed by atoms with van der Waals surface area (Å²) in [6.45, 7) is 1.64. The molecule has 3 rings (SSSR count). The summed E-state index contributed by atoms with van der Waals surface area (Å²) in [4.78, 5) is 43.3. The van der Waals surface area contributed by atoms with Gasteiger partial charge in [-0.05, 0) is 31.5 Å². The van der Waals surface area contributed by atoms with Gasteiger partial charge in [-0.3, -0.25) is 14.4 Å². The number of ether oxygens (including phenoxy) is 2. The van der Waals surface area contributed by atoms with Crippen LogP contribution in [0, 0.1) is 6.92 Å². The summed E-state index contributed by atoms with van der Waals surface area (Å²) in [6.07, 6.45) is -3.56. The first-order valence-electron chi connectivity index (χ1n) is 10.5. The molecule has 2 amide bonds. The van der Waals surface area contributed by atoms with Gasteiger partial charge in [-0.25, -0.2) is 4.98 Å². The van der Waals surface area contributed by atoms with Crippen LogP contribution in [0.2, 0.25) is 0 Å². The molecule has 2 aromatic rings. The molecule has 0 bridgehead atoms. The van der Waals surface area contributed by atoms with Gasteiger partial charge in [-0.2, -0.15) is 0 Å². The molecule has 0 unspecified atom stereocenters. The lowest BCUT2D eigenvalue weighted by atomic mass is 9.98. The Morgan fingerprint density at radius 1 is 1.32 bits per heavy atom. The van der Waals surface area contributed by atoms with Crippen LogP contribution in [0.15, 0.2) is 30.6 Å². The fourth-order valence-corrected chi connectivity index (χ4v) is 3.79. The Morgan fingerprint density at radius 2 is 2.06 bits per heavy atom. The van der Waals surface area contributed by atoms with Crippen molar-refractivity contribution < 1.29 is 37.0 Å². The lowest BCUT2D eigenvalue weighted by Gasteiger charge is -2.35. The summed E-state index contributed by atoms with van der Waals surface area (Å²) in [6, 6.07) is 4.43. The van der Waals surface area contributed by atoms with Gasteiger partial charge in [0, 0.05) is 38.7 Å². The first-order valence-corrected chi connectivity index (χ1v) is 10.5. The number of amides is 2. The van der Waals surface area contributed by atoms with E-state index in [0.717, 1.165) is 12.1 Å². The first-order chi connectivity index (χ1) is 16.0. The minimum atomic E-state index is -4.87. The fraction of sp³-hybridized carbons (Fsp3) is 0.455. The van der Waals surface area contributed by atoms with E-state index < -0.39 is 30.0 Å². The number of aryl methyl sites for hydroxylation is 2. The average molecular weight is 482 g/mol. The van der Waals surface area contributed by atoms with Crippen molar-refractivity contribution >= 4 is 17.6 Å². The van der Waals surface area contributed by atoms with E-state index in [2.05, 4.69) is 15.0 Å². The highest BCUT2D eigenvalue weighted by molar-refractivity contribution is 5.97. The number of Topliss-reactive ketones (excluding diaryl/α,β-unsaturated/α-hetero) is 1. The number of hydrogen-bond acceptors (Lipinski definition) is 6. The Labute approximate surface area is 193 Å². The highest BCUT2D eigenvalue weighted by atomic mass is 19.4. The molecule has 1 fully saturated rings. The fourth-order valence-electron chi connectivity index (χ4n) is 3.79. The van der Waals surface area contributed by atoms with Crippen LogP contribution in [0.5, 0.6) is 5.75 Å². The van der Waals surface area contributed by atoms with Gasteiger partial charge in [0.25, 0.3) is 11.8 Å². The number of ketones is 1. The predicted octanol–water partition coefficient (Wildman–Crippen LogP) is 2.25. The van der Waals surface area contributed by atoms with Crippen molar-refractivity contribution in [2.75, 3.05) is 20.2 Å². The summed E-state index contributed by atoms with van der Waals surface area (Å²) >= 11 is 0. The van der Waals surface area contributed by atoms with Gasteiger partial charge in [0.05, 0.1) is 18.6 Å². The predicted molar refractivity (Wildman–Crippen MR) is 113 cm³/mol. The van der Waals surface area contributed by atoms with Crippen molar-refractivity contribution in [1.29, 1.82) is 0 Å². The molecule has 0 aliphatic carbocycles. The number of halogens is 3. The van der Waals surface area contributed by atoms with Crippen LogP contribution in [0.1, 0.15) is 39.4 Å². The van der Waals surface area contributed by atoms with Crippen LogP contribution in [0.3, 0.4) is 0 Å². The Morgan fingerprint density at radius 3 is 2.71 bits per heavy atom. The number of rotatable bonds is 7. The van der Waals surface area contributed by atoms with Crippen LogP contribution < -0.4 is 10.1 Å². The lowest BCUT2D eigenvalue weighted by molar-refractivity contribution is -0.274. The number of carbonyl (C=O) groups is 3. The van der Waals surface area contributed by atoms with Crippen molar-refractivity contribution in [3.05, 3.63) is 47.5 Å². The number of imidazole rings is 1. The highest BCUT2D eigenvalue weighted by Crippen LogP contribution is 2.25. The molecule has 1 aromatic heterocycles. The quantitative estimate of drug-likeness (QED) is 0.650. The summed E-state index contributed by atoms with van der Waals surface area (Å²) < 4.78 is 48.4. The number of benzene rings is 1. The average Bonchev–Trinajstić information content (AvgIpc) is 3.13. The molecule has 1 aromatic carbocycles. The molecule has 0 saturated carbocycles.